The van der Waals surface area contributed by atoms with Gasteiger partial charge in [0.2, 0.25) is 0 Å². The van der Waals surface area contributed by atoms with Gasteiger partial charge in [0.15, 0.2) is 0 Å². The summed E-state index contributed by atoms with van der Waals surface area (Å²) in [5, 5.41) is 0. The molecule has 0 amide bonds. The maximum atomic E-state index is 10.0. The van der Waals surface area contributed by atoms with Gasteiger partial charge in [0.05, 0.1) is 0 Å². The van der Waals surface area contributed by atoms with Gasteiger partial charge in [-0.25, -0.2) is 13.9 Å². The maximum absolute atomic E-state index is 10.0. The summed E-state index contributed by atoms with van der Waals surface area (Å²) in [5.74, 6) is 0. The number of hydrogen-bond donors (Lipinski definition) is 4. The summed E-state index contributed by atoms with van der Waals surface area (Å²) >= 11 is 0. The Morgan fingerprint density at radius 2 is 0.800 bits per heavy atom. The molecule has 0 radical (unpaired) electrons. The van der Waals surface area contributed by atoms with E-state index < -0.39 is 21.8 Å². The predicted molar refractivity (Wildman–Crippen MR) is 40.6 cm³/mol. The third-order valence-corrected chi connectivity index (χ3v) is 1.16. The van der Waals surface area contributed by atoms with Crippen LogP contribution in [-0.2, 0) is 18.2 Å². The number of phosphoric ester groups is 2. The van der Waals surface area contributed by atoms with Crippen LogP contribution in [0.25, 0.3) is 0 Å². The van der Waals surface area contributed by atoms with Crippen LogP contribution in [-0.4, -0.2) is 25.7 Å². The van der Waals surface area contributed by atoms with E-state index in [2.05, 4.69) is 9.05 Å². The molecule has 0 aliphatic heterocycles. The first-order chi connectivity index (χ1) is 5.10. The first-order valence-electron chi connectivity index (χ1n) is 2.14. The van der Waals surface area contributed by atoms with Crippen molar-refractivity contribution in [2.45, 2.75) is 0 Å². The van der Waals surface area contributed by atoms with Crippen molar-refractivity contribution in [2.24, 2.45) is 0 Å². The fourth-order valence-corrected chi connectivity index (χ4v) is 0.733. The standard InChI is InChI=1S/CH4O9P2.8Na.8H/c2-1(9-11(3,4)5)10-12(6,7)8;;;;;;;;;;;;;;;;/h(H2,3,4,5)(H2,6,7,8);;;;;;;;;;;;;;;;/q;8*+1;8*-1. The van der Waals surface area contributed by atoms with Crippen molar-refractivity contribution in [3.05, 3.63) is 0 Å². The zero-order chi connectivity index (χ0) is 9.99. The first-order valence-corrected chi connectivity index (χ1v) is 5.20. The number of carbonyl (C=O) groups excluding carboxylic acids is 1. The Kier molecular flexibility index (Phi) is 81.2. The van der Waals surface area contributed by atoms with E-state index in [0.717, 1.165) is 0 Å². The molecule has 4 N–H and O–H groups in total. The van der Waals surface area contributed by atoms with E-state index in [0.29, 0.717) is 0 Å². The monoisotopic (exact) mass is 414 g/mol. The molecule has 0 aromatic heterocycles. The molecule has 0 heterocycles. The minimum atomic E-state index is -5.13. The average molecular weight is 414 g/mol. The molecule has 0 rings (SSSR count). The van der Waals surface area contributed by atoms with Gasteiger partial charge in [-0.2, -0.15) is 0 Å². The maximum Gasteiger partial charge on any atom is 1.00 e. The molecule has 0 saturated carbocycles. The van der Waals surface area contributed by atoms with Gasteiger partial charge in [0, 0.05) is 0 Å². The summed E-state index contributed by atoms with van der Waals surface area (Å²) in [7, 11) is -10.3. The molecular weight excluding hydrogens is 402 g/mol. The van der Waals surface area contributed by atoms with Gasteiger partial charge in [0.1, 0.15) is 0 Å². The van der Waals surface area contributed by atoms with E-state index in [1.54, 1.807) is 0 Å². The van der Waals surface area contributed by atoms with Gasteiger partial charge >= 0.3 is 258 Å². The summed E-state index contributed by atoms with van der Waals surface area (Å²) < 4.78 is 25.9. The van der Waals surface area contributed by atoms with Gasteiger partial charge in [-0.05, 0) is 0 Å². The van der Waals surface area contributed by atoms with E-state index >= 15 is 0 Å². The van der Waals surface area contributed by atoms with E-state index in [9.17, 15) is 13.9 Å². The largest absolute Gasteiger partial charge is 1.00 e. The fraction of sp³-hybridized carbons (Fsp3) is 0. The zero-order valence-electron chi connectivity index (χ0n) is 21.2. The molecule has 19 heteroatoms. The van der Waals surface area contributed by atoms with Gasteiger partial charge < -0.3 is 20.5 Å². The quantitative estimate of drug-likeness (QED) is 0.255. The van der Waals surface area contributed by atoms with Crippen molar-refractivity contribution < 1.29 is 290 Å². The number of rotatable bonds is 2. The number of hydrogen-bond acceptors (Lipinski definition) is 5. The second kappa shape index (κ2) is 28.8. The molecule has 0 bridgehead atoms. The second-order valence-corrected chi connectivity index (χ2v) is 3.74. The molecule has 0 aliphatic carbocycles. The van der Waals surface area contributed by atoms with Crippen LogP contribution >= 0.6 is 15.6 Å². The van der Waals surface area contributed by atoms with Crippen molar-refractivity contribution in [2.75, 3.05) is 0 Å². The van der Waals surface area contributed by atoms with Crippen molar-refractivity contribution in [1.82, 2.24) is 0 Å². The van der Waals surface area contributed by atoms with Crippen LogP contribution in [0, 0.1) is 0 Å². The summed E-state index contributed by atoms with van der Waals surface area (Å²) in [5.41, 5.74) is 0. The van der Waals surface area contributed by atoms with Gasteiger partial charge in [0.25, 0.3) is 0 Å². The Hall–Kier alpha value is 7.57. The number of phosphoric acid groups is 2. The molecule has 0 aromatic carbocycles. The molecule has 0 aliphatic rings. The fourth-order valence-electron chi connectivity index (χ4n) is 0.211. The predicted octanol–water partition coefficient (Wildman–Crippen LogP) is -23.7. The summed E-state index contributed by atoms with van der Waals surface area (Å²) in [6.07, 6.45) is -2.14. The van der Waals surface area contributed by atoms with Crippen LogP contribution in [0.3, 0.4) is 0 Å². The molecule has 0 atom stereocenters. The van der Waals surface area contributed by atoms with Crippen LogP contribution in [0.5, 0.6) is 0 Å². The SMILES string of the molecule is O=C(OP(=O)(O)O)OP(=O)(O)O.[H-].[H-].[H-].[H-].[H-].[H-].[H-].[H-].[Na+].[Na+].[Na+].[Na+].[Na+].[Na+].[Na+].[Na+]. The molecule has 0 saturated heterocycles. The Bertz CT molecular complexity index is 271. The van der Waals surface area contributed by atoms with Crippen LogP contribution in [0.4, 0.5) is 4.79 Å². The second-order valence-electron chi connectivity index (χ2n) is 1.41. The van der Waals surface area contributed by atoms with Crippen LogP contribution < -0.4 is 236 Å². The van der Waals surface area contributed by atoms with E-state index in [-0.39, 0.29) is 248 Å². The third-order valence-electron chi connectivity index (χ3n) is 0.387. The molecular formula is CH12Na8O9P2. The topological polar surface area (TPSA) is 151 Å². The van der Waals surface area contributed by atoms with Crippen LogP contribution in [0.1, 0.15) is 11.4 Å². The third kappa shape index (κ3) is 50.0. The van der Waals surface area contributed by atoms with Crippen LogP contribution in [0.15, 0.2) is 0 Å². The van der Waals surface area contributed by atoms with E-state index in [4.69, 9.17) is 19.6 Å². The Morgan fingerprint density at radius 3 is 0.900 bits per heavy atom. The minimum absolute atomic E-state index is 0. The molecule has 20 heavy (non-hydrogen) atoms. The minimum Gasteiger partial charge on any atom is -1.00 e. The van der Waals surface area contributed by atoms with Crippen molar-refractivity contribution in [3.63, 3.8) is 0 Å². The Morgan fingerprint density at radius 1 is 0.650 bits per heavy atom. The Balaban J connectivity index is -0.00000000504. The zero-order valence-corrected chi connectivity index (χ0v) is 31.0. The van der Waals surface area contributed by atoms with Gasteiger partial charge in [-0.15, -0.1) is 0 Å². The van der Waals surface area contributed by atoms with Gasteiger partial charge in [-0.3, -0.25) is 19.6 Å². The summed E-state index contributed by atoms with van der Waals surface area (Å²) in [4.78, 5) is 41.7. The molecule has 88 valence electrons. The molecule has 0 unspecified atom stereocenters. The smallest absolute Gasteiger partial charge is 1.00 e. The van der Waals surface area contributed by atoms with Gasteiger partial charge in [-0.1, -0.05) is 0 Å². The Labute approximate surface area is 305 Å². The summed E-state index contributed by atoms with van der Waals surface area (Å²) in [6.45, 7) is 0. The normalized spacial score (nSPS) is 7.40. The molecule has 9 nitrogen and oxygen atoms in total. The van der Waals surface area contributed by atoms with Crippen molar-refractivity contribution >= 4 is 21.8 Å². The van der Waals surface area contributed by atoms with Crippen molar-refractivity contribution in [1.29, 1.82) is 0 Å². The summed E-state index contributed by atoms with van der Waals surface area (Å²) in [6, 6.07) is 0. The molecule has 0 fully saturated rings. The van der Waals surface area contributed by atoms with E-state index in [1.807, 2.05) is 0 Å². The van der Waals surface area contributed by atoms with Crippen molar-refractivity contribution in [3.8, 4) is 0 Å². The van der Waals surface area contributed by atoms with E-state index in [1.165, 1.54) is 0 Å². The molecule has 0 aromatic rings. The number of carbonyl (C=O) groups is 1. The first kappa shape index (κ1) is 56.4. The van der Waals surface area contributed by atoms with Crippen LogP contribution in [0.2, 0.25) is 0 Å². The average Bonchev–Trinajstić information content (AvgIpc) is 1.49. The molecule has 0 spiro atoms.